The molecule has 0 unspecified atom stereocenters. The number of benzene rings is 1. The molecule has 3 heterocycles. The maximum Gasteiger partial charge on any atom is 0.126 e. The van der Waals surface area contributed by atoms with Crippen LogP contribution in [0.25, 0.3) is 22.2 Å². The third-order valence-corrected chi connectivity index (χ3v) is 3.96. The number of rotatable bonds is 6. The van der Waals surface area contributed by atoms with Gasteiger partial charge in [0, 0.05) is 42.6 Å². The number of para-hydroxylation sites is 1. The summed E-state index contributed by atoms with van der Waals surface area (Å²) < 4.78 is 2.07. The average molecular weight is 318 g/mol. The van der Waals surface area contributed by atoms with Gasteiger partial charge in [0.15, 0.2) is 0 Å². The van der Waals surface area contributed by atoms with Gasteiger partial charge in [0.2, 0.25) is 0 Å². The molecule has 0 aliphatic heterocycles. The molecule has 6 heteroatoms. The minimum absolute atomic E-state index is 0.857. The van der Waals surface area contributed by atoms with Crippen LogP contribution in [-0.4, -0.2) is 31.3 Å². The lowest BCUT2D eigenvalue weighted by atomic mass is 10.1. The summed E-state index contributed by atoms with van der Waals surface area (Å²) in [4.78, 5) is 8.44. The Morgan fingerprint density at radius 3 is 3.00 bits per heavy atom. The Labute approximate surface area is 139 Å². The number of aryl methyl sites for hydroxylation is 1. The fourth-order valence-corrected chi connectivity index (χ4v) is 2.76. The molecule has 0 aliphatic rings. The highest BCUT2D eigenvalue weighted by atomic mass is 15.1. The van der Waals surface area contributed by atoms with Crippen LogP contribution in [0.1, 0.15) is 6.42 Å². The zero-order valence-electron chi connectivity index (χ0n) is 13.2. The van der Waals surface area contributed by atoms with Crippen LogP contribution in [0.5, 0.6) is 0 Å². The summed E-state index contributed by atoms with van der Waals surface area (Å²) >= 11 is 0. The van der Waals surface area contributed by atoms with Gasteiger partial charge in [-0.1, -0.05) is 18.2 Å². The fourth-order valence-electron chi connectivity index (χ4n) is 2.76. The zero-order valence-corrected chi connectivity index (χ0v) is 13.2. The van der Waals surface area contributed by atoms with Gasteiger partial charge in [-0.3, -0.25) is 5.10 Å². The molecule has 0 radical (unpaired) electrons. The third kappa shape index (κ3) is 2.99. The van der Waals surface area contributed by atoms with Gasteiger partial charge in [-0.25, -0.2) is 9.97 Å². The molecular formula is C18H18N6. The van der Waals surface area contributed by atoms with Gasteiger partial charge < -0.3 is 9.88 Å². The largest absolute Gasteiger partial charge is 0.370 e. The molecule has 24 heavy (non-hydrogen) atoms. The molecule has 4 rings (SSSR count). The van der Waals surface area contributed by atoms with E-state index in [-0.39, 0.29) is 0 Å². The van der Waals surface area contributed by atoms with E-state index in [9.17, 15) is 0 Å². The van der Waals surface area contributed by atoms with E-state index in [4.69, 9.17) is 0 Å². The van der Waals surface area contributed by atoms with E-state index in [1.807, 2.05) is 49.1 Å². The topological polar surface area (TPSA) is 71.4 Å². The Morgan fingerprint density at radius 2 is 2.08 bits per heavy atom. The minimum atomic E-state index is 0.857. The fraction of sp³-hybridized carbons (Fsp3) is 0.167. The molecule has 0 amide bonds. The minimum Gasteiger partial charge on any atom is -0.370 e. The van der Waals surface area contributed by atoms with E-state index in [2.05, 4.69) is 36.1 Å². The second kappa shape index (κ2) is 6.54. The molecule has 4 aromatic rings. The maximum atomic E-state index is 4.45. The van der Waals surface area contributed by atoms with Gasteiger partial charge in [-0.05, 0) is 24.6 Å². The van der Waals surface area contributed by atoms with Crippen molar-refractivity contribution in [2.24, 2.45) is 0 Å². The molecule has 0 bridgehead atoms. The van der Waals surface area contributed by atoms with Crippen molar-refractivity contribution in [2.45, 2.75) is 13.0 Å². The van der Waals surface area contributed by atoms with Gasteiger partial charge in [-0.2, -0.15) is 5.10 Å². The van der Waals surface area contributed by atoms with Crippen LogP contribution in [0.15, 0.2) is 61.3 Å². The van der Waals surface area contributed by atoms with Crippen molar-refractivity contribution < 1.29 is 0 Å². The lowest BCUT2D eigenvalue weighted by Gasteiger charge is -2.07. The second-order valence-corrected chi connectivity index (χ2v) is 5.63. The number of pyridine rings is 1. The number of hydrogen-bond acceptors (Lipinski definition) is 4. The maximum absolute atomic E-state index is 4.45. The molecule has 120 valence electrons. The van der Waals surface area contributed by atoms with Gasteiger partial charge in [0.25, 0.3) is 0 Å². The number of hydrogen-bond donors (Lipinski definition) is 2. The van der Waals surface area contributed by atoms with Crippen molar-refractivity contribution in [3.8, 4) is 11.3 Å². The van der Waals surface area contributed by atoms with Crippen LogP contribution in [0.3, 0.4) is 0 Å². The van der Waals surface area contributed by atoms with E-state index in [1.165, 1.54) is 0 Å². The number of aromatic nitrogens is 5. The molecule has 0 saturated heterocycles. The lowest BCUT2D eigenvalue weighted by molar-refractivity contribution is 0.660. The van der Waals surface area contributed by atoms with Crippen LogP contribution in [-0.2, 0) is 6.54 Å². The predicted octanol–water partition coefficient (Wildman–Crippen LogP) is 3.32. The van der Waals surface area contributed by atoms with Crippen molar-refractivity contribution in [3.63, 3.8) is 0 Å². The molecule has 0 spiro atoms. The molecule has 0 aliphatic carbocycles. The van der Waals surface area contributed by atoms with E-state index < -0.39 is 0 Å². The van der Waals surface area contributed by atoms with Crippen LogP contribution in [0, 0.1) is 0 Å². The van der Waals surface area contributed by atoms with Crippen LogP contribution < -0.4 is 5.32 Å². The smallest absolute Gasteiger partial charge is 0.126 e. The monoisotopic (exact) mass is 318 g/mol. The van der Waals surface area contributed by atoms with Crippen molar-refractivity contribution in [2.75, 3.05) is 11.9 Å². The number of nitrogens with zero attached hydrogens (tertiary/aromatic N) is 4. The molecule has 0 atom stereocenters. The van der Waals surface area contributed by atoms with Crippen molar-refractivity contribution in [1.29, 1.82) is 0 Å². The molecule has 1 aromatic carbocycles. The second-order valence-electron chi connectivity index (χ2n) is 5.63. The number of imidazole rings is 1. The molecule has 2 N–H and O–H groups in total. The first-order valence-corrected chi connectivity index (χ1v) is 7.99. The standard InChI is InChI=1S/C18H18N6/c1-2-5-16-15(4-1)18(23-22-16)14-6-8-21-17(12-14)20-7-3-10-24-11-9-19-13-24/h1-2,4-6,8-9,11-13H,3,7,10H2,(H,20,21)(H,22,23). The third-order valence-electron chi connectivity index (χ3n) is 3.96. The van der Waals surface area contributed by atoms with Gasteiger partial charge >= 0.3 is 0 Å². The molecule has 0 fully saturated rings. The predicted molar refractivity (Wildman–Crippen MR) is 94.7 cm³/mol. The zero-order chi connectivity index (χ0) is 16.2. The number of aromatic amines is 1. The lowest BCUT2D eigenvalue weighted by Crippen LogP contribution is -2.06. The normalized spacial score (nSPS) is 11.0. The van der Waals surface area contributed by atoms with Crippen molar-refractivity contribution >= 4 is 16.7 Å². The molecular weight excluding hydrogens is 300 g/mol. The Balaban J connectivity index is 1.45. The summed E-state index contributed by atoms with van der Waals surface area (Å²) in [6, 6.07) is 12.2. The summed E-state index contributed by atoms with van der Waals surface area (Å²) in [5.74, 6) is 0.866. The average Bonchev–Trinajstić information content (AvgIpc) is 3.28. The Hall–Kier alpha value is -3.15. The number of anilines is 1. The van der Waals surface area contributed by atoms with Crippen LogP contribution in [0.4, 0.5) is 5.82 Å². The Kier molecular flexibility index (Phi) is 3.93. The van der Waals surface area contributed by atoms with Crippen LogP contribution >= 0.6 is 0 Å². The molecule has 0 saturated carbocycles. The van der Waals surface area contributed by atoms with Gasteiger partial charge in [0.05, 0.1) is 11.8 Å². The van der Waals surface area contributed by atoms with E-state index in [0.717, 1.165) is 47.5 Å². The van der Waals surface area contributed by atoms with Gasteiger partial charge in [-0.15, -0.1) is 0 Å². The number of fused-ring (bicyclic) bond motifs is 1. The van der Waals surface area contributed by atoms with Crippen LogP contribution in [0.2, 0.25) is 0 Å². The highest BCUT2D eigenvalue weighted by Crippen LogP contribution is 2.26. The summed E-state index contributed by atoms with van der Waals surface area (Å²) in [6.07, 6.45) is 8.43. The summed E-state index contributed by atoms with van der Waals surface area (Å²) in [7, 11) is 0. The number of H-pyrrole nitrogens is 1. The SMILES string of the molecule is c1ccc2c(-c3ccnc(NCCCn4ccnc4)c3)n[nH]c2c1. The first kappa shape index (κ1) is 14.4. The van der Waals surface area contributed by atoms with Crippen molar-refractivity contribution in [1.82, 2.24) is 24.7 Å². The Bertz CT molecular complexity index is 926. The van der Waals surface area contributed by atoms with E-state index >= 15 is 0 Å². The highest BCUT2D eigenvalue weighted by molar-refractivity contribution is 5.93. The number of nitrogens with one attached hydrogen (secondary N) is 2. The summed E-state index contributed by atoms with van der Waals surface area (Å²) in [6.45, 7) is 1.80. The molecule has 6 nitrogen and oxygen atoms in total. The molecule has 3 aromatic heterocycles. The summed E-state index contributed by atoms with van der Waals surface area (Å²) in [5.41, 5.74) is 3.05. The highest BCUT2D eigenvalue weighted by Gasteiger charge is 2.08. The van der Waals surface area contributed by atoms with E-state index in [1.54, 1.807) is 6.20 Å². The van der Waals surface area contributed by atoms with Gasteiger partial charge in [0.1, 0.15) is 11.5 Å². The first-order chi connectivity index (χ1) is 11.9. The quantitative estimate of drug-likeness (QED) is 0.535. The first-order valence-electron chi connectivity index (χ1n) is 7.99. The summed E-state index contributed by atoms with van der Waals surface area (Å²) in [5, 5.41) is 12.0. The van der Waals surface area contributed by atoms with Crippen molar-refractivity contribution in [3.05, 3.63) is 61.3 Å². The van der Waals surface area contributed by atoms with E-state index in [0.29, 0.717) is 0 Å². The Morgan fingerprint density at radius 1 is 1.12 bits per heavy atom.